The van der Waals surface area contributed by atoms with E-state index in [-0.39, 0.29) is 22.7 Å². The summed E-state index contributed by atoms with van der Waals surface area (Å²) in [6.45, 7) is 3.08. The zero-order chi connectivity index (χ0) is 14.8. The molecule has 114 valence electrons. The summed E-state index contributed by atoms with van der Waals surface area (Å²) in [6, 6.07) is 0.536. The van der Waals surface area contributed by atoms with Gasteiger partial charge in [-0.3, -0.25) is 9.69 Å². The van der Waals surface area contributed by atoms with Crippen LogP contribution in [0.4, 0.5) is 0 Å². The number of nitrogens with zero attached hydrogens (tertiary/aromatic N) is 2. The first-order valence-electron chi connectivity index (χ1n) is 6.96. The number of carboxylic acids is 1. The van der Waals surface area contributed by atoms with Crippen molar-refractivity contribution in [1.82, 2.24) is 15.2 Å². The van der Waals surface area contributed by atoms with Gasteiger partial charge in [0.15, 0.2) is 10.7 Å². The number of carbonyl (C=O) groups is 2. The SMILES string of the molecule is O=C(O)c1csc(C(=O)NCC2CN3CCCC3CO2)n1. The van der Waals surface area contributed by atoms with E-state index >= 15 is 0 Å². The summed E-state index contributed by atoms with van der Waals surface area (Å²) in [5, 5.41) is 13.1. The first kappa shape index (κ1) is 14.4. The monoisotopic (exact) mass is 311 g/mol. The van der Waals surface area contributed by atoms with Gasteiger partial charge in [0.25, 0.3) is 5.91 Å². The number of fused-ring (bicyclic) bond motifs is 1. The quantitative estimate of drug-likeness (QED) is 0.838. The van der Waals surface area contributed by atoms with E-state index < -0.39 is 5.97 Å². The summed E-state index contributed by atoms with van der Waals surface area (Å²) >= 11 is 1.03. The molecular formula is C13H17N3O4S. The lowest BCUT2D eigenvalue weighted by Gasteiger charge is -2.35. The molecule has 0 aromatic carbocycles. The highest BCUT2D eigenvalue weighted by Gasteiger charge is 2.32. The van der Waals surface area contributed by atoms with Crippen LogP contribution in [0.15, 0.2) is 5.38 Å². The molecule has 1 aromatic heterocycles. The lowest BCUT2D eigenvalue weighted by molar-refractivity contribution is -0.0461. The van der Waals surface area contributed by atoms with Crippen molar-refractivity contribution in [3.8, 4) is 0 Å². The molecular weight excluding hydrogens is 294 g/mol. The molecule has 2 atom stereocenters. The number of morpholine rings is 1. The van der Waals surface area contributed by atoms with E-state index in [1.165, 1.54) is 18.2 Å². The Balaban J connectivity index is 1.50. The maximum atomic E-state index is 11.9. The summed E-state index contributed by atoms with van der Waals surface area (Å²) < 4.78 is 5.75. The van der Waals surface area contributed by atoms with Gasteiger partial charge in [0, 0.05) is 24.5 Å². The Morgan fingerprint density at radius 1 is 1.57 bits per heavy atom. The second-order valence-electron chi connectivity index (χ2n) is 5.30. The molecule has 0 spiro atoms. The molecule has 0 aliphatic carbocycles. The van der Waals surface area contributed by atoms with Gasteiger partial charge in [-0.2, -0.15) is 0 Å². The van der Waals surface area contributed by atoms with Crippen molar-refractivity contribution in [3.63, 3.8) is 0 Å². The molecule has 2 saturated heterocycles. The maximum Gasteiger partial charge on any atom is 0.355 e. The number of hydrogen-bond donors (Lipinski definition) is 2. The fourth-order valence-electron chi connectivity index (χ4n) is 2.77. The molecule has 21 heavy (non-hydrogen) atoms. The minimum absolute atomic E-state index is 0.0118. The molecule has 0 bridgehead atoms. The van der Waals surface area contributed by atoms with Crippen LogP contribution in [0.25, 0.3) is 0 Å². The molecule has 3 rings (SSSR count). The Morgan fingerprint density at radius 3 is 3.19 bits per heavy atom. The molecule has 7 nitrogen and oxygen atoms in total. The molecule has 2 aliphatic rings. The number of carbonyl (C=O) groups excluding carboxylic acids is 1. The largest absolute Gasteiger partial charge is 0.476 e. The van der Waals surface area contributed by atoms with E-state index in [0.717, 1.165) is 31.0 Å². The average molecular weight is 311 g/mol. The number of hydrogen-bond acceptors (Lipinski definition) is 6. The van der Waals surface area contributed by atoms with Crippen LogP contribution in [0, 0.1) is 0 Å². The Labute approximate surface area is 125 Å². The van der Waals surface area contributed by atoms with Gasteiger partial charge in [0.1, 0.15) is 0 Å². The summed E-state index contributed by atoms with van der Waals surface area (Å²) in [7, 11) is 0. The predicted molar refractivity (Wildman–Crippen MR) is 75.7 cm³/mol. The first-order chi connectivity index (χ1) is 10.1. The zero-order valence-electron chi connectivity index (χ0n) is 11.4. The van der Waals surface area contributed by atoms with Gasteiger partial charge in [-0.15, -0.1) is 11.3 Å². The molecule has 0 saturated carbocycles. The van der Waals surface area contributed by atoms with Crippen molar-refractivity contribution >= 4 is 23.2 Å². The van der Waals surface area contributed by atoms with Crippen molar-refractivity contribution in [2.45, 2.75) is 25.0 Å². The zero-order valence-corrected chi connectivity index (χ0v) is 12.3. The van der Waals surface area contributed by atoms with E-state index in [1.54, 1.807) is 0 Å². The summed E-state index contributed by atoms with van der Waals surface area (Å²) in [5.74, 6) is -1.47. The van der Waals surface area contributed by atoms with Crippen LogP contribution in [0.2, 0.25) is 0 Å². The second-order valence-corrected chi connectivity index (χ2v) is 6.16. The number of aromatic carboxylic acids is 1. The van der Waals surface area contributed by atoms with E-state index in [0.29, 0.717) is 12.6 Å². The highest BCUT2D eigenvalue weighted by molar-refractivity contribution is 7.11. The van der Waals surface area contributed by atoms with Crippen LogP contribution >= 0.6 is 11.3 Å². The minimum atomic E-state index is -1.12. The summed E-state index contributed by atoms with van der Waals surface area (Å²) in [4.78, 5) is 28.9. The van der Waals surface area contributed by atoms with Crippen molar-refractivity contribution in [2.24, 2.45) is 0 Å². The number of carboxylic acid groups (broad SMARTS) is 1. The van der Waals surface area contributed by atoms with E-state index in [9.17, 15) is 9.59 Å². The van der Waals surface area contributed by atoms with Crippen LogP contribution in [-0.2, 0) is 4.74 Å². The smallest absolute Gasteiger partial charge is 0.355 e. The number of thiazole rings is 1. The lowest BCUT2D eigenvalue weighted by atomic mass is 10.2. The van der Waals surface area contributed by atoms with Crippen molar-refractivity contribution in [1.29, 1.82) is 0 Å². The Kier molecular flexibility index (Phi) is 4.18. The molecule has 0 radical (unpaired) electrons. The van der Waals surface area contributed by atoms with E-state index in [1.807, 2.05) is 0 Å². The van der Waals surface area contributed by atoms with Crippen molar-refractivity contribution in [3.05, 3.63) is 16.1 Å². The minimum Gasteiger partial charge on any atom is -0.476 e. The van der Waals surface area contributed by atoms with E-state index in [4.69, 9.17) is 9.84 Å². The number of rotatable bonds is 4. The second kappa shape index (κ2) is 6.08. The third-order valence-corrected chi connectivity index (χ3v) is 4.71. The highest BCUT2D eigenvalue weighted by Crippen LogP contribution is 2.22. The molecule has 3 heterocycles. The van der Waals surface area contributed by atoms with Gasteiger partial charge in [0.05, 0.1) is 12.7 Å². The molecule has 2 fully saturated rings. The summed E-state index contributed by atoms with van der Waals surface area (Å²) in [6.07, 6.45) is 2.39. The Morgan fingerprint density at radius 2 is 2.43 bits per heavy atom. The number of ether oxygens (including phenoxy) is 1. The standard InChI is InChI=1S/C13H17N3O4S/c17-11(12-15-10(7-21-12)13(18)19)14-4-9-5-16-3-1-2-8(16)6-20-9/h7-9H,1-6H2,(H,14,17)(H,18,19). The van der Waals surface area contributed by atoms with Crippen LogP contribution in [0.1, 0.15) is 33.1 Å². The third kappa shape index (κ3) is 3.22. The number of amides is 1. The number of aromatic nitrogens is 1. The Bertz CT molecular complexity index is 547. The van der Waals surface area contributed by atoms with Gasteiger partial charge in [-0.1, -0.05) is 0 Å². The first-order valence-corrected chi connectivity index (χ1v) is 7.84. The van der Waals surface area contributed by atoms with E-state index in [2.05, 4.69) is 15.2 Å². The van der Waals surface area contributed by atoms with Gasteiger partial charge >= 0.3 is 5.97 Å². The van der Waals surface area contributed by atoms with Crippen LogP contribution in [0.5, 0.6) is 0 Å². The molecule has 2 aliphatic heterocycles. The molecule has 1 amide bonds. The summed E-state index contributed by atoms with van der Waals surface area (Å²) in [5.41, 5.74) is -0.0982. The van der Waals surface area contributed by atoms with Gasteiger partial charge in [0.2, 0.25) is 0 Å². The fourth-order valence-corrected chi connectivity index (χ4v) is 3.47. The van der Waals surface area contributed by atoms with Gasteiger partial charge in [-0.05, 0) is 19.4 Å². The molecule has 2 unspecified atom stereocenters. The third-order valence-electron chi connectivity index (χ3n) is 3.87. The van der Waals surface area contributed by atoms with Crippen LogP contribution in [-0.4, -0.2) is 65.3 Å². The van der Waals surface area contributed by atoms with Gasteiger partial charge < -0.3 is 15.2 Å². The highest BCUT2D eigenvalue weighted by atomic mass is 32.1. The normalized spacial score (nSPS) is 25.5. The maximum absolute atomic E-state index is 11.9. The molecule has 1 aromatic rings. The van der Waals surface area contributed by atoms with Crippen LogP contribution in [0.3, 0.4) is 0 Å². The molecule has 2 N–H and O–H groups in total. The number of nitrogens with one attached hydrogen (secondary N) is 1. The predicted octanol–water partition coefficient (Wildman–Crippen LogP) is 0.434. The van der Waals surface area contributed by atoms with Gasteiger partial charge in [-0.25, -0.2) is 9.78 Å². The Hall–Kier alpha value is -1.51. The lowest BCUT2D eigenvalue weighted by Crippen LogP contribution is -2.50. The van der Waals surface area contributed by atoms with Crippen molar-refractivity contribution < 1.29 is 19.4 Å². The van der Waals surface area contributed by atoms with Crippen LogP contribution < -0.4 is 5.32 Å². The average Bonchev–Trinajstić information content (AvgIpc) is 3.12. The van der Waals surface area contributed by atoms with Crippen molar-refractivity contribution in [2.75, 3.05) is 26.2 Å². The topological polar surface area (TPSA) is 91.8 Å². The fraction of sp³-hybridized carbons (Fsp3) is 0.615. The molecule has 8 heteroatoms.